The van der Waals surface area contributed by atoms with Crippen LogP contribution in [0.2, 0.25) is 0 Å². The van der Waals surface area contributed by atoms with Gasteiger partial charge in [-0.3, -0.25) is 4.79 Å². The molecule has 0 bridgehead atoms. The molecule has 1 amide bonds. The molecular formula is C14H16BrFN2O2. The summed E-state index contributed by atoms with van der Waals surface area (Å²) in [6, 6.07) is 3.77. The van der Waals surface area contributed by atoms with Gasteiger partial charge in [0.25, 0.3) is 5.91 Å². The molecule has 1 aromatic rings. The van der Waals surface area contributed by atoms with E-state index >= 15 is 0 Å². The van der Waals surface area contributed by atoms with Crippen molar-refractivity contribution in [3.05, 3.63) is 34.1 Å². The number of carbonyl (C=O) groups is 1. The van der Waals surface area contributed by atoms with Gasteiger partial charge in [-0.15, -0.1) is 0 Å². The maximum absolute atomic E-state index is 13.0. The third kappa shape index (κ3) is 2.36. The minimum Gasteiger partial charge on any atom is -0.376 e. The lowest BCUT2D eigenvalue weighted by atomic mass is 9.68. The molecule has 108 valence electrons. The van der Waals surface area contributed by atoms with E-state index in [9.17, 15) is 9.18 Å². The summed E-state index contributed by atoms with van der Waals surface area (Å²) in [6.07, 6.45) is 2.10. The van der Waals surface area contributed by atoms with Crippen molar-refractivity contribution in [1.29, 1.82) is 0 Å². The summed E-state index contributed by atoms with van der Waals surface area (Å²) < 4.78 is 19.1. The van der Waals surface area contributed by atoms with E-state index in [-0.39, 0.29) is 29.9 Å². The van der Waals surface area contributed by atoms with Gasteiger partial charge in [0, 0.05) is 23.0 Å². The third-order valence-electron chi connectivity index (χ3n) is 4.15. The van der Waals surface area contributed by atoms with E-state index in [1.807, 2.05) is 0 Å². The summed E-state index contributed by atoms with van der Waals surface area (Å²) in [7, 11) is 0. The molecule has 1 saturated heterocycles. The number of carbonyl (C=O) groups excluding carboxylic acids is 1. The number of halogens is 2. The molecule has 1 saturated carbocycles. The van der Waals surface area contributed by atoms with Crippen LogP contribution in [0.3, 0.4) is 0 Å². The quantitative estimate of drug-likeness (QED) is 0.861. The van der Waals surface area contributed by atoms with E-state index < -0.39 is 0 Å². The molecule has 2 fully saturated rings. The van der Waals surface area contributed by atoms with Crippen LogP contribution in [0.25, 0.3) is 0 Å². The summed E-state index contributed by atoms with van der Waals surface area (Å²) in [4.78, 5) is 12.2. The zero-order valence-electron chi connectivity index (χ0n) is 10.8. The number of nitrogens with one attached hydrogen (secondary N) is 1. The van der Waals surface area contributed by atoms with Crippen LogP contribution < -0.4 is 11.1 Å². The minimum absolute atomic E-state index is 0.0157. The summed E-state index contributed by atoms with van der Waals surface area (Å²) in [6.45, 7) is 0.723. The predicted octanol–water partition coefficient (Wildman–Crippen LogP) is 1.82. The topological polar surface area (TPSA) is 64.3 Å². The van der Waals surface area contributed by atoms with Crippen molar-refractivity contribution in [3.63, 3.8) is 0 Å². The van der Waals surface area contributed by atoms with E-state index in [2.05, 4.69) is 21.2 Å². The number of ether oxygens (including phenoxy) is 1. The molecule has 1 aliphatic heterocycles. The second-order valence-electron chi connectivity index (χ2n) is 5.34. The Morgan fingerprint density at radius 3 is 3.05 bits per heavy atom. The standard InChI is InChI=1S/C14H16BrFN2O2/c15-10-6-7(16)3-4-8(10)14(19)18-12-11(17)9-2-1-5-20-13(9)12/h3-4,6,9,11-13H,1-2,5,17H2,(H,18,19). The molecule has 0 spiro atoms. The molecule has 6 heteroatoms. The number of rotatable bonds is 2. The average molecular weight is 343 g/mol. The fraction of sp³-hybridized carbons (Fsp3) is 0.500. The van der Waals surface area contributed by atoms with Gasteiger partial charge in [0.05, 0.1) is 17.7 Å². The van der Waals surface area contributed by atoms with Crippen molar-refractivity contribution >= 4 is 21.8 Å². The zero-order valence-corrected chi connectivity index (χ0v) is 12.4. The highest BCUT2D eigenvalue weighted by molar-refractivity contribution is 9.10. The lowest BCUT2D eigenvalue weighted by Crippen LogP contribution is -2.72. The van der Waals surface area contributed by atoms with Gasteiger partial charge >= 0.3 is 0 Å². The zero-order chi connectivity index (χ0) is 14.3. The Morgan fingerprint density at radius 2 is 2.30 bits per heavy atom. The molecule has 20 heavy (non-hydrogen) atoms. The van der Waals surface area contributed by atoms with Crippen LogP contribution in [-0.4, -0.2) is 30.7 Å². The number of hydrogen-bond acceptors (Lipinski definition) is 3. The monoisotopic (exact) mass is 342 g/mol. The number of nitrogens with two attached hydrogens (primary N) is 1. The Hall–Kier alpha value is -0.980. The van der Waals surface area contributed by atoms with Crippen LogP contribution in [0.1, 0.15) is 23.2 Å². The van der Waals surface area contributed by atoms with Gasteiger partial charge < -0.3 is 15.8 Å². The summed E-state index contributed by atoms with van der Waals surface area (Å²) in [5, 5.41) is 2.90. The SMILES string of the molecule is NC1C2CCCOC2C1NC(=O)c1ccc(F)cc1Br. The molecule has 1 aliphatic carbocycles. The van der Waals surface area contributed by atoms with E-state index in [1.165, 1.54) is 18.2 Å². The molecule has 1 aromatic carbocycles. The highest BCUT2D eigenvalue weighted by atomic mass is 79.9. The maximum atomic E-state index is 13.0. The first-order valence-corrected chi connectivity index (χ1v) is 7.50. The molecule has 3 N–H and O–H groups in total. The van der Waals surface area contributed by atoms with Crippen molar-refractivity contribution in [2.75, 3.05) is 6.61 Å². The van der Waals surface area contributed by atoms with Crippen LogP contribution in [0.4, 0.5) is 4.39 Å². The third-order valence-corrected chi connectivity index (χ3v) is 4.81. The highest BCUT2D eigenvalue weighted by Crippen LogP contribution is 2.37. The van der Waals surface area contributed by atoms with E-state index in [0.29, 0.717) is 16.0 Å². The Labute approximate surface area is 125 Å². The van der Waals surface area contributed by atoms with Crippen LogP contribution in [0.15, 0.2) is 22.7 Å². The van der Waals surface area contributed by atoms with Gasteiger partial charge in [0.1, 0.15) is 5.82 Å². The van der Waals surface area contributed by atoms with Gasteiger partial charge in [-0.05, 0) is 47.0 Å². The van der Waals surface area contributed by atoms with Crippen molar-refractivity contribution < 1.29 is 13.9 Å². The highest BCUT2D eigenvalue weighted by Gasteiger charge is 2.51. The predicted molar refractivity (Wildman–Crippen MR) is 75.8 cm³/mol. The second-order valence-corrected chi connectivity index (χ2v) is 6.20. The van der Waals surface area contributed by atoms with Crippen molar-refractivity contribution in [2.45, 2.75) is 31.0 Å². The van der Waals surface area contributed by atoms with Gasteiger partial charge in [-0.25, -0.2) is 4.39 Å². The van der Waals surface area contributed by atoms with Crippen molar-refractivity contribution in [1.82, 2.24) is 5.32 Å². The first kappa shape index (κ1) is 14.0. The number of benzene rings is 1. The second kappa shape index (κ2) is 5.42. The van der Waals surface area contributed by atoms with Gasteiger partial charge in [0.2, 0.25) is 0 Å². The minimum atomic E-state index is -0.385. The molecule has 0 radical (unpaired) electrons. The van der Waals surface area contributed by atoms with Crippen LogP contribution in [-0.2, 0) is 4.74 Å². The fourth-order valence-corrected chi connectivity index (χ4v) is 3.56. The molecule has 4 unspecified atom stereocenters. The number of amides is 1. The first-order valence-electron chi connectivity index (χ1n) is 6.71. The van der Waals surface area contributed by atoms with E-state index in [1.54, 1.807) is 0 Å². The van der Waals surface area contributed by atoms with Gasteiger partial charge in [-0.1, -0.05) is 0 Å². The lowest BCUT2D eigenvalue weighted by Gasteiger charge is -2.52. The largest absolute Gasteiger partial charge is 0.376 e. The summed E-state index contributed by atoms with van der Waals surface area (Å²) in [5.74, 6) is -0.305. The summed E-state index contributed by atoms with van der Waals surface area (Å²) >= 11 is 3.20. The molecule has 2 aliphatic rings. The van der Waals surface area contributed by atoms with Crippen molar-refractivity contribution in [3.8, 4) is 0 Å². The Balaban J connectivity index is 1.70. The Morgan fingerprint density at radius 1 is 1.50 bits per heavy atom. The van der Waals surface area contributed by atoms with Crippen LogP contribution >= 0.6 is 15.9 Å². The molecule has 0 aromatic heterocycles. The van der Waals surface area contributed by atoms with E-state index in [4.69, 9.17) is 10.5 Å². The fourth-order valence-electron chi connectivity index (χ4n) is 3.03. The molecular weight excluding hydrogens is 327 g/mol. The van der Waals surface area contributed by atoms with Crippen LogP contribution in [0.5, 0.6) is 0 Å². The molecule has 4 atom stereocenters. The lowest BCUT2D eigenvalue weighted by molar-refractivity contribution is -0.117. The number of fused-ring (bicyclic) bond motifs is 1. The summed E-state index contributed by atoms with van der Waals surface area (Å²) in [5.41, 5.74) is 6.50. The normalized spacial score (nSPS) is 32.1. The van der Waals surface area contributed by atoms with Gasteiger partial charge in [-0.2, -0.15) is 0 Å². The average Bonchev–Trinajstić information content (AvgIpc) is 2.44. The molecule has 3 rings (SSSR count). The van der Waals surface area contributed by atoms with Crippen molar-refractivity contribution in [2.24, 2.45) is 11.7 Å². The first-order chi connectivity index (χ1) is 9.58. The Kier molecular flexibility index (Phi) is 3.79. The molecule has 1 heterocycles. The number of hydrogen-bond donors (Lipinski definition) is 2. The van der Waals surface area contributed by atoms with Gasteiger partial charge in [0.15, 0.2) is 0 Å². The Bertz CT molecular complexity index is 540. The molecule has 4 nitrogen and oxygen atoms in total. The van der Waals surface area contributed by atoms with E-state index in [0.717, 1.165) is 19.4 Å². The maximum Gasteiger partial charge on any atom is 0.252 e. The van der Waals surface area contributed by atoms with Crippen LogP contribution in [0, 0.1) is 11.7 Å². The smallest absolute Gasteiger partial charge is 0.252 e.